The molecule has 0 aliphatic rings. The molecule has 0 saturated carbocycles. The zero-order valence-electron chi connectivity index (χ0n) is 13.1. The summed E-state index contributed by atoms with van der Waals surface area (Å²) >= 11 is 3.26. The van der Waals surface area contributed by atoms with Crippen molar-refractivity contribution in [2.75, 3.05) is 5.73 Å². The van der Waals surface area contributed by atoms with Gasteiger partial charge in [0.05, 0.1) is 0 Å². The normalized spacial score (nSPS) is 12.3. The molecule has 1 aromatic carbocycles. The predicted octanol–water partition coefficient (Wildman–Crippen LogP) is 2.77. The summed E-state index contributed by atoms with van der Waals surface area (Å²) in [7, 11) is 0. The van der Waals surface area contributed by atoms with Crippen LogP contribution < -0.4 is 11.1 Å². The van der Waals surface area contributed by atoms with Crippen molar-refractivity contribution < 1.29 is 19.4 Å². The van der Waals surface area contributed by atoms with Crippen LogP contribution in [0.2, 0.25) is 0 Å². The van der Waals surface area contributed by atoms with Crippen LogP contribution in [0.4, 0.5) is 10.5 Å². The van der Waals surface area contributed by atoms with Gasteiger partial charge in [-0.1, -0.05) is 15.9 Å². The van der Waals surface area contributed by atoms with E-state index in [4.69, 9.17) is 15.9 Å². The average Bonchev–Trinajstić information content (AvgIpc) is 2.35. The van der Waals surface area contributed by atoms with E-state index in [2.05, 4.69) is 21.2 Å². The van der Waals surface area contributed by atoms with Gasteiger partial charge in [-0.3, -0.25) is 0 Å². The Labute approximate surface area is 142 Å². The molecule has 0 spiro atoms. The standard InChI is InChI=1S/C15H20BrN3O4/c1-15(2,3)23-14(22)19-12(13(20)21)7-11(18)9-5-4-8(16)6-10(9)17/h4-6,12,18H,7,17H2,1-3H3,(H,19,22)(H,20,21). The van der Waals surface area contributed by atoms with Gasteiger partial charge in [0.25, 0.3) is 0 Å². The van der Waals surface area contributed by atoms with E-state index in [0.717, 1.165) is 4.47 Å². The van der Waals surface area contributed by atoms with Crippen molar-refractivity contribution in [2.24, 2.45) is 0 Å². The highest BCUT2D eigenvalue weighted by Gasteiger charge is 2.25. The maximum atomic E-state index is 11.7. The highest BCUT2D eigenvalue weighted by atomic mass is 79.9. The smallest absolute Gasteiger partial charge is 0.408 e. The molecule has 126 valence electrons. The molecule has 0 fully saturated rings. The van der Waals surface area contributed by atoms with Gasteiger partial charge in [-0.15, -0.1) is 0 Å². The van der Waals surface area contributed by atoms with Crippen molar-refractivity contribution >= 4 is 39.4 Å². The second-order valence-corrected chi connectivity index (χ2v) is 6.87. The molecular formula is C15H20BrN3O4. The van der Waals surface area contributed by atoms with Crippen LogP contribution in [0.5, 0.6) is 0 Å². The molecule has 5 N–H and O–H groups in total. The number of amides is 1. The third-order valence-electron chi connectivity index (χ3n) is 2.74. The predicted molar refractivity (Wildman–Crippen MR) is 90.8 cm³/mol. The summed E-state index contributed by atoms with van der Waals surface area (Å²) in [6.45, 7) is 5.02. The third-order valence-corrected chi connectivity index (χ3v) is 3.23. The van der Waals surface area contributed by atoms with Crippen LogP contribution in [0.1, 0.15) is 32.8 Å². The number of carboxylic acids is 1. The molecule has 8 heteroatoms. The van der Waals surface area contributed by atoms with Crippen LogP contribution in [0.15, 0.2) is 22.7 Å². The molecule has 23 heavy (non-hydrogen) atoms. The molecule has 0 aromatic heterocycles. The summed E-state index contributed by atoms with van der Waals surface area (Å²) in [5.74, 6) is -1.25. The molecule has 1 rings (SSSR count). The van der Waals surface area contributed by atoms with Crippen LogP contribution in [-0.4, -0.2) is 34.5 Å². The largest absolute Gasteiger partial charge is 0.480 e. The van der Waals surface area contributed by atoms with E-state index in [1.807, 2.05) is 0 Å². The molecule has 0 saturated heterocycles. The SMILES string of the molecule is CC(C)(C)OC(=O)NC(CC(=N)c1ccc(Br)cc1N)C(=O)O. The fourth-order valence-corrected chi connectivity index (χ4v) is 2.15. The van der Waals surface area contributed by atoms with Gasteiger partial charge in [-0.05, 0) is 39.0 Å². The number of anilines is 1. The van der Waals surface area contributed by atoms with E-state index in [0.29, 0.717) is 11.3 Å². The van der Waals surface area contributed by atoms with Gasteiger partial charge in [0.15, 0.2) is 0 Å². The van der Waals surface area contributed by atoms with Crippen LogP contribution in [-0.2, 0) is 9.53 Å². The Bertz CT molecular complexity index is 626. The van der Waals surface area contributed by atoms with Gasteiger partial charge in [-0.2, -0.15) is 0 Å². The van der Waals surface area contributed by atoms with E-state index < -0.39 is 23.7 Å². The van der Waals surface area contributed by atoms with Crippen molar-refractivity contribution in [3.8, 4) is 0 Å². The number of ether oxygens (including phenoxy) is 1. The summed E-state index contributed by atoms with van der Waals surface area (Å²) in [4.78, 5) is 23.0. The van der Waals surface area contributed by atoms with Crippen molar-refractivity contribution in [3.05, 3.63) is 28.2 Å². The highest BCUT2D eigenvalue weighted by molar-refractivity contribution is 9.10. The van der Waals surface area contributed by atoms with E-state index in [-0.39, 0.29) is 12.1 Å². The number of hydrogen-bond donors (Lipinski definition) is 4. The summed E-state index contributed by atoms with van der Waals surface area (Å²) in [6, 6.07) is 3.67. The number of benzene rings is 1. The number of carbonyl (C=O) groups excluding carboxylic acids is 1. The lowest BCUT2D eigenvalue weighted by atomic mass is 10.0. The highest BCUT2D eigenvalue weighted by Crippen LogP contribution is 2.20. The number of nitrogen functional groups attached to an aromatic ring is 1. The second-order valence-electron chi connectivity index (χ2n) is 5.95. The molecule has 0 bridgehead atoms. The van der Waals surface area contributed by atoms with E-state index >= 15 is 0 Å². The molecule has 0 aliphatic heterocycles. The molecule has 7 nitrogen and oxygen atoms in total. The van der Waals surface area contributed by atoms with Crippen molar-refractivity contribution in [1.82, 2.24) is 5.32 Å². The molecular weight excluding hydrogens is 366 g/mol. The van der Waals surface area contributed by atoms with Gasteiger partial charge in [0.2, 0.25) is 0 Å². The summed E-state index contributed by atoms with van der Waals surface area (Å²) in [5.41, 5.74) is 5.88. The Morgan fingerprint density at radius 3 is 2.52 bits per heavy atom. The fraction of sp³-hybridized carbons (Fsp3) is 0.400. The lowest BCUT2D eigenvalue weighted by Crippen LogP contribution is -2.44. The van der Waals surface area contributed by atoms with Crippen LogP contribution >= 0.6 is 15.9 Å². The molecule has 0 aliphatic carbocycles. The maximum absolute atomic E-state index is 11.7. The maximum Gasteiger partial charge on any atom is 0.408 e. The molecule has 1 atom stereocenters. The fourth-order valence-electron chi connectivity index (χ4n) is 1.77. The van der Waals surface area contributed by atoms with Gasteiger partial charge in [0, 0.05) is 27.9 Å². The Hall–Kier alpha value is -2.09. The number of carboxylic acid groups (broad SMARTS) is 1. The monoisotopic (exact) mass is 385 g/mol. The summed E-state index contributed by atoms with van der Waals surface area (Å²) < 4.78 is 5.79. The Morgan fingerprint density at radius 2 is 2.04 bits per heavy atom. The number of rotatable bonds is 5. The van der Waals surface area contributed by atoms with Gasteiger partial charge >= 0.3 is 12.1 Å². The number of carbonyl (C=O) groups is 2. The van der Waals surface area contributed by atoms with E-state index in [1.54, 1.807) is 39.0 Å². The molecule has 0 heterocycles. The first kappa shape index (κ1) is 19.0. The second kappa shape index (κ2) is 7.45. The van der Waals surface area contributed by atoms with E-state index in [1.165, 1.54) is 0 Å². The van der Waals surface area contributed by atoms with Gasteiger partial charge in [0.1, 0.15) is 11.6 Å². The van der Waals surface area contributed by atoms with E-state index in [9.17, 15) is 14.7 Å². The van der Waals surface area contributed by atoms with Gasteiger partial charge < -0.3 is 26.3 Å². The first-order valence-electron chi connectivity index (χ1n) is 6.84. The van der Waals surface area contributed by atoms with Crippen molar-refractivity contribution in [3.63, 3.8) is 0 Å². The third kappa shape index (κ3) is 6.27. The zero-order chi connectivity index (χ0) is 17.8. The Balaban J connectivity index is 2.81. The molecule has 1 unspecified atom stereocenters. The van der Waals surface area contributed by atoms with Gasteiger partial charge in [-0.25, -0.2) is 9.59 Å². The minimum atomic E-state index is -1.28. The topological polar surface area (TPSA) is 126 Å². The number of nitrogens with one attached hydrogen (secondary N) is 2. The number of alkyl carbamates (subject to hydrolysis) is 1. The molecule has 1 aromatic rings. The van der Waals surface area contributed by atoms with Crippen molar-refractivity contribution in [2.45, 2.75) is 38.8 Å². The Kier molecular flexibility index (Phi) is 6.14. The quantitative estimate of drug-likeness (QED) is 0.457. The first-order valence-corrected chi connectivity index (χ1v) is 7.64. The zero-order valence-corrected chi connectivity index (χ0v) is 14.7. The Morgan fingerprint density at radius 1 is 1.43 bits per heavy atom. The average molecular weight is 386 g/mol. The minimum absolute atomic E-state index is 0.0125. The lowest BCUT2D eigenvalue weighted by Gasteiger charge is -2.22. The minimum Gasteiger partial charge on any atom is -0.480 e. The van der Waals surface area contributed by atoms with Crippen LogP contribution in [0.3, 0.4) is 0 Å². The summed E-state index contributed by atoms with van der Waals surface area (Å²) in [5, 5.41) is 19.5. The number of halogens is 1. The lowest BCUT2D eigenvalue weighted by molar-refractivity contribution is -0.139. The first-order chi connectivity index (χ1) is 10.5. The van der Waals surface area contributed by atoms with Crippen LogP contribution in [0, 0.1) is 5.41 Å². The number of aliphatic carboxylic acids is 1. The molecule has 1 amide bonds. The number of nitrogens with two attached hydrogens (primary N) is 1. The number of hydrogen-bond acceptors (Lipinski definition) is 5. The summed E-state index contributed by atoms with van der Waals surface area (Å²) in [6.07, 6.45) is -1.05. The van der Waals surface area contributed by atoms with Crippen molar-refractivity contribution in [1.29, 1.82) is 5.41 Å². The van der Waals surface area contributed by atoms with Crippen LogP contribution in [0.25, 0.3) is 0 Å². The molecule has 0 radical (unpaired) electrons.